The third-order valence-corrected chi connectivity index (χ3v) is 4.14. The summed E-state index contributed by atoms with van der Waals surface area (Å²) in [5.74, 6) is -4.32. The molecule has 157 valence electrons. The smallest absolute Gasteiger partial charge is 0.240 e. The summed E-state index contributed by atoms with van der Waals surface area (Å²) in [7, 11) is 0. The van der Waals surface area contributed by atoms with Gasteiger partial charge in [-0.25, -0.2) is 0 Å². The van der Waals surface area contributed by atoms with Gasteiger partial charge in [-0.2, -0.15) is 0 Å². The van der Waals surface area contributed by atoms with Crippen LogP contribution in [0.1, 0.15) is 25.8 Å². The fourth-order valence-corrected chi connectivity index (χ4v) is 2.30. The van der Waals surface area contributed by atoms with Gasteiger partial charge in [-0.3, -0.25) is 24.0 Å². The normalized spacial score (nSPS) is 16.0. The van der Waals surface area contributed by atoms with E-state index in [1.54, 1.807) is 0 Å². The Balaban J connectivity index is 2.59. The van der Waals surface area contributed by atoms with E-state index in [1.807, 2.05) is 0 Å². The Kier molecular flexibility index (Phi) is 7.89. The van der Waals surface area contributed by atoms with E-state index >= 15 is 0 Å². The molecule has 1 rings (SSSR count). The maximum absolute atomic E-state index is 12.1. The highest BCUT2D eigenvalue weighted by molar-refractivity contribution is 6.18. The number of hydrogen-bond acceptors (Lipinski definition) is 9. The second-order valence-corrected chi connectivity index (χ2v) is 6.80. The second-order valence-electron chi connectivity index (χ2n) is 6.80. The molecule has 0 aromatic heterocycles. The van der Waals surface area contributed by atoms with Crippen LogP contribution in [0.25, 0.3) is 0 Å². The number of carbonyl (C=O) groups is 4. The predicted molar refractivity (Wildman–Crippen MR) is 97.4 cm³/mol. The highest BCUT2D eigenvalue weighted by Gasteiger charge is 2.48. The van der Waals surface area contributed by atoms with Crippen molar-refractivity contribution in [1.82, 2.24) is 5.32 Å². The Morgan fingerprint density at radius 2 is 1.66 bits per heavy atom. The van der Waals surface area contributed by atoms with Gasteiger partial charge < -0.3 is 25.7 Å². The average molecular weight is 408 g/mol. The van der Waals surface area contributed by atoms with Crippen LogP contribution >= 0.6 is 0 Å². The maximum atomic E-state index is 12.1. The Morgan fingerprint density at radius 3 is 2.17 bits per heavy atom. The molecule has 3 unspecified atom stereocenters. The van der Waals surface area contributed by atoms with E-state index in [2.05, 4.69) is 5.32 Å². The number of carbonyl (C=O) groups excluding carboxylic acids is 5. The van der Waals surface area contributed by atoms with Crippen molar-refractivity contribution in [2.45, 2.75) is 44.0 Å². The van der Waals surface area contributed by atoms with Gasteiger partial charge in [0.25, 0.3) is 0 Å². The molecular weight excluding hydrogens is 386 g/mol. The van der Waals surface area contributed by atoms with Crippen molar-refractivity contribution >= 4 is 29.5 Å². The van der Waals surface area contributed by atoms with E-state index < -0.39 is 53.5 Å². The minimum Gasteiger partial charge on any atom is -0.508 e. The number of phenols is 1. The quantitative estimate of drug-likeness (QED) is 0.262. The number of amides is 1. The lowest BCUT2D eigenvalue weighted by molar-refractivity contribution is -0.158. The summed E-state index contributed by atoms with van der Waals surface area (Å²) in [6.45, 7) is 0.844. The number of aliphatic hydroxyl groups excluding tert-OH is 1. The molecule has 0 aliphatic carbocycles. The summed E-state index contributed by atoms with van der Waals surface area (Å²) >= 11 is 0. The number of aromatic hydroxyl groups is 1. The first-order valence-electron chi connectivity index (χ1n) is 8.49. The second kappa shape index (κ2) is 9.50. The van der Waals surface area contributed by atoms with Gasteiger partial charge >= 0.3 is 0 Å². The van der Waals surface area contributed by atoms with Crippen molar-refractivity contribution < 1.29 is 44.4 Å². The fraction of sp³-hybridized carbons (Fsp3) is 0.421. The van der Waals surface area contributed by atoms with Crippen LogP contribution in [0.5, 0.6) is 5.75 Å². The summed E-state index contributed by atoms with van der Waals surface area (Å²) in [5.41, 5.74) is -5.00. The van der Waals surface area contributed by atoms with E-state index in [1.165, 1.54) is 24.3 Å². The highest BCUT2D eigenvalue weighted by atomic mass is 16.3. The lowest BCUT2D eigenvalue weighted by atomic mass is 9.83. The van der Waals surface area contributed by atoms with Gasteiger partial charge in [-0.15, -0.1) is 0 Å². The Morgan fingerprint density at radius 1 is 1.10 bits per heavy atom. The van der Waals surface area contributed by atoms with Gasteiger partial charge in [0.2, 0.25) is 18.0 Å². The van der Waals surface area contributed by atoms with Crippen LogP contribution in [0, 0.1) is 0 Å². The molecule has 0 saturated carbocycles. The monoisotopic (exact) mass is 408 g/mol. The fourth-order valence-electron chi connectivity index (χ4n) is 2.30. The first-order chi connectivity index (χ1) is 13.3. The molecule has 0 aliphatic heterocycles. The molecule has 0 fully saturated rings. The minimum absolute atomic E-state index is 0.0269. The molecule has 1 radical (unpaired) electrons. The molecule has 29 heavy (non-hydrogen) atoms. The summed E-state index contributed by atoms with van der Waals surface area (Å²) in [6, 6.07) is 5.79. The molecule has 0 aliphatic rings. The molecule has 10 heteroatoms. The zero-order valence-corrected chi connectivity index (χ0v) is 15.8. The van der Waals surface area contributed by atoms with Gasteiger partial charge in [0, 0.05) is 6.42 Å². The minimum atomic E-state index is -2.83. The van der Waals surface area contributed by atoms with Crippen molar-refractivity contribution in [3.8, 4) is 5.75 Å². The molecule has 10 nitrogen and oxygen atoms in total. The van der Waals surface area contributed by atoms with Crippen molar-refractivity contribution in [3.63, 3.8) is 0 Å². The largest absolute Gasteiger partial charge is 0.508 e. The number of benzene rings is 1. The Hall–Kier alpha value is -2.95. The van der Waals surface area contributed by atoms with Crippen molar-refractivity contribution in [2.75, 3.05) is 6.54 Å². The Labute approximate surface area is 166 Å². The third-order valence-electron chi connectivity index (χ3n) is 4.14. The summed E-state index contributed by atoms with van der Waals surface area (Å²) in [5, 5.41) is 40.8. The molecule has 1 aromatic rings. The van der Waals surface area contributed by atoms with Gasteiger partial charge in [-0.05, 0) is 31.5 Å². The van der Waals surface area contributed by atoms with E-state index in [-0.39, 0.29) is 12.2 Å². The predicted octanol–water partition coefficient (Wildman–Crippen LogP) is -1.88. The zero-order valence-electron chi connectivity index (χ0n) is 15.8. The van der Waals surface area contributed by atoms with Crippen molar-refractivity contribution in [2.24, 2.45) is 0 Å². The van der Waals surface area contributed by atoms with Crippen LogP contribution < -0.4 is 5.32 Å². The van der Waals surface area contributed by atoms with Crippen molar-refractivity contribution in [1.29, 1.82) is 0 Å². The molecule has 3 atom stereocenters. The first-order valence-corrected chi connectivity index (χ1v) is 8.49. The standard InChI is InChI=1S/C19H22NO9/c1-18(28,10-21)17(27)19(2,29)15(25)8-13(23)14(24)9-20-16(26)7-11-3-5-12(22)6-4-11/h3-6,13,22-23,28-29H,7-9H2,1-2H3,(H,20,26). The SMILES string of the molecule is CC(O)([C]=O)C(=O)C(C)(O)C(=O)CC(O)C(=O)CNC(=O)Cc1ccc(O)cc1. The number of ketones is 3. The zero-order chi connectivity index (χ0) is 22.4. The first kappa shape index (κ1) is 24.1. The van der Waals surface area contributed by atoms with Crippen LogP contribution in [0.4, 0.5) is 0 Å². The van der Waals surface area contributed by atoms with E-state index in [0.717, 1.165) is 20.1 Å². The molecule has 0 spiro atoms. The molecular formula is C19H22NO9. The van der Waals surface area contributed by atoms with E-state index in [0.29, 0.717) is 5.56 Å². The van der Waals surface area contributed by atoms with Gasteiger partial charge in [0.1, 0.15) is 11.9 Å². The lowest BCUT2D eigenvalue weighted by Crippen LogP contribution is -2.56. The van der Waals surface area contributed by atoms with Crippen LogP contribution in [0.3, 0.4) is 0 Å². The number of rotatable bonds is 11. The lowest BCUT2D eigenvalue weighted by Gasteiger charge is -2.26. The number of aliphatic hydroxyl groups is 3. The number of nitrogens with one attached hydrogen (secondary N) is 1. The van der Waals surface area contributed by atoms with Gasteiger partial charge in [0.05, 0.1) is 13.0 Å². The topological polar surface area (TPSA) is 178 Å². The number of hydrogen-bond donors (Lipinski definition) is 5. The van der Waals surface area contributed by atoms with Crippen LogP contribution in [0.15, 0.2) is 24.3 Å². The molecule has 0 saturated heterocycles. The van der Waals surface area contributed by atoms with E-state index in [4.69, 9.17) is 0 Å². The van der Waals surface area contributed by atoms with E-state index in [9.17, 15) is 44.4 Å². The van der Waals surface area contributed by atoms with Crippen molar-refractivity contribution in [3.05, 3.63) is 29.8 Å². The molecule has 0 heterocycles. The average Bonchev–Trinajstić information content (AvgIpc) is 2.66. The van der Waals surface area contributed by atoms with Crippen LogP contribution in [-0.4, -0.2) is 73.8 Å². The van der Waals surface area contributed by atoms with Gasteiger partial charge in [-0.1, -0.05) is 12.1 Å². The summed E-state index contributed by atoms with van der Waals surface area (Å²) < 4.78 is 0. The maximum Gasteiger partial charge on any atom is 0.240 e. The summed E-state index contributed by atoms with van der Waals surface area (Å²) in [6.07, 6.45) is -2.01. The Bertz CT molecular complexity index is 796. The molecule has 5 N–H and O–H groups in total. The molecule has 1 amide bonds. The highest BCUT2D eigenvalue weighted by Crippen LogP contribution is 2.18. The molecule has 0 bridgehead atoms. The number of phenolic OH excluding ortho intramolecular Hbond substituents is 1. The number of Topliss-reactive ketones (excluding diaryl/α,β-unsaturated/α-hetero) is 3. The third kappa shape index (κ3) is 6.56. The van der Waals surface area contributed by atoms with Crippen LogP contribution in [-0.2, 0) is 30.4 Å². The molecule has 1 aromatic carbocycles. The summed E-state index contributed by atoms with van der Waals surface area (Å²) in [4.78, 5) is 58.3. The van der Waals surface area contributed by atoms with Crippen LogP contribution in [0.2, 0.25) is 0 Å². The van der Waals surface area contributed by atoms with Gasteiger partial charge in [0.15, 0.2) is 22.8 Å².